The van der Waals surface area contributed by atoms with Crippen molar-refractivity contribution in [2.24, 2.45) is 7.05 Å². The molecule has 1 aromatic carbocycles. The summed E-state index contributed by atoms with van der Waals surface area (Å²) in [5, 5.41) is 17.6. The van der Waals surface area contributed by atoms with Crippen LogP contribution in [0.4, 0.5) is 22.2 Å². The maximum Gasteiger partial charge on any atom is 0.324 e. The fraction of sp³-hybridized carbons (Fsp3) is 0.231. The van der Waals surface area contributed by atoms with Crippen LogP contribution < -0.4 is 21.5 Å². The van der Waals surface area contributed by atoms with Gasteiger partial charge in [-0.1, -0.05) is 38.1 Å². The van der Waals surface area contributed by atoms with Gasteiger partial charge in [-0.2, -0.15) is 10.1 Å². The SMILES string of the molecule is CNc1ncc2cc(-c3cccc(NC(=O)Nc4cc(C(C)(C)C)nn4-c4cnoc4)c3)c(=O)n(C)c2n1. The van der Waals surface area contributed by atoms with Gasteiger partial charge in [-0.3, -0.25) is 14.7 Å². The molecule has 0 fully saturated rings. The van der Waals surface area contributed by atoms with Gasteiger partial charge >= 0.3 is 6.03 Å². The highest BCUT2D eigenvalue weighted by atomic mass is 16.5. The molecular formula is C26H27N9O3. The summed E-state index contributed by atoms with van der Waals surface area (Å²) in [4.78, 5) is 34.8. The molecule has 12 nitrogen and oxygen atoms in total. The Bertz CT molecular complexity index is 1700. The zero-order chi connectivity index (χ0) is 27.0. The van der Waals surface area contributed by atoms with Crippen molar-refractivity contribution >= 4 is 34.5 Å². The highest BCUT2D eigenvalue weighted by molar-refractivity contribution is 6.00. The van der Waals surface area contributed by atoms with Crippen LogP contribution in [-0.2, 0) is 12.5 Å². The lowest BCUT2D eigenvalue weighted by Gasteiger charge is -2.13. The first-order valence-corrected chi connectivity index (χ1v) is 11.9. The first-order valence-electron chi connectivity index (χ1n) is 11.9. The fourth-order valence-corrected chi connectivity index (χ4v) is 3.95. The molecule has 4 heterocycles. The Balaban J connectivity index is 1.42. The smallest absolute Gasteiger partial charge is 0.324 e. The second kappa shape index (κ2) is 9.47. The molecule has 4 aromatic heterocycles. The lowest BCUT2D eigenvalue weighted by atomic mass is 9.92. The van der Waals surface area contributed by atoms with Gasteiger partial charge in [-0.15, -0.1) is 0 Å². The second-order valence-electron chi connectivity index (χ2n) is 9.76. The van der Waals surface area contributed by atoms with E-state index >= 15 is 0 Å². The van der Waals surface area contributed by atoms with Crippen LogP contribution in [0, 0.1) is 0 Å². The number of urea groups is 1. The molecule has 0 saturated carbocycles. The summed E-state index contributed by atoms with van der Waals surface area (Å²) in [5.74, 6) is 0.883. The summed E-state index contributed by atoms with van der Waals surface area (Å²) in [7, 11) is 3.38. The van der Waals surface area contributed by atoms with Gasteiger partial charge in [0.05, 0.1) is 11.9 Å². The van der Waals surface area contributed by atoms with E-state index in [2.05, 4.69) is 36.2 Å². The Hall–Kier alpha value is -5.00. The zero-order valence-electron chi connectivity index (χ0n) is 21.6. The van der Waals surface area contributed by atoms with Gasteiger partial charge in [-0.05, 0) is 23.8 Å². The van der Waals surface area contributed by atoms with E-state index in [1.165, 1.54) is 17.0 Å². The Labute approximate surface area is 217 Å². The number of amides is 2. The molecule has 3 N–H and O–H groups in total. The quantitative estimate of drug-likeness (QED) is 0.318. The molecule has 5 rings (SSSR count). The third kappa shape index (κ3) is 4.71. The van der Waals surface area contributed by atoms with E-state index in [-0.39, 0.29) is 11.0 Å². The minimum Gasteiger partial charge on any atom is -0.362 e. The number of anilines is 3. The van der Waals surface area contributed by atoms with Crippen molar-refractivity contribution in [2.45, 2.75) is 26.2 Å². The molecule has 194 valence electrons. The number of benzene rings is 1. The Morgan fingerprint density at radius 1 is 1.08 bits per heavy atom. The number of aromatic nitrogens is 6. The molecule has 0 unspecified atom stereocenters. The topological polar surface area (TPSA) is 145 Å². The molecule has 38 heavy (non-hydrogen) atoms. The number of aryl methyl sites for hydroxylation is 1. The largest absolute Gasteiger partial charge is 0.362 e. The molecule has 5 aromatic rings. The monoisotopic (exact) mass is 513 g/mol. The maximum atomic E-state index is 13.2. The molecule has 0 radical (unpaired) electrons. The number of rotatable bonds is 5. The summed E-state index contributed by atoms with van der Waals surface area (Å²) in [6.07, 6.45) is 4.62. The van der Waals surface area contributed by atoms with Crippen LogP contribution in [0.15, 0.2) is 64.4 Å². The molecular weight excluding hydrogens is 486 g/mol. The van der Waals surface area contributed by atoms with Crippen molar-refractivity contribution in [1.29, 1.82) is 0 Å². The number of carbonyl (C=O) groups is 1. The van der Waals surface area contributed by atoms with Gasteiger partial charge in [0.1, 0.15) is 23.4 Å². The van der Waals surface area contributed by atoms with Crippen molar-refractivity contribution in [3.05, 3.63) is 71.1 Å². The summed E-state index contributed by atoms with van der Waals surface area (Å²) < 4.78 is 8.00. The van der Waals surface area contributed by atoms with Crippen molar-refractivity contribution in [3.8, 4) is 16.8 Å². The fourth-order valence-electron chi connectivity index (χ4n) is 3.95. The predicted octanol–water partition coefficient (Wildman–Crippen LogP) is 4.15. The molecule has 0 aliphatic heterocycles. The van der Waals surface area contributed by atoms with Crippen LogP contribution in [0.3, 0.4) is 0 Å². The summed E-state index contributed by atoms with van der Waals surface area (Å²) >= 11 is 0. The van der Waals surface area contributed by atoms with E-state index in [9.17, 15) is 9.59 Å². The Morgan fingerprint density at radius 2 is 1.89 bits per heavy atom. The van der Waals surface area contributed by atoms with Crippen molar-refractivity contribution in [3.63, 3.8) is 0 Å². The average Bonchev–Trinajstić information content (AvgIpc) is 3.56. The highest BCUT2D eigenvalue weighted by Crippen LogP contribution is 2.27. The summed E-state index contributed by atoms with van der Waals surface area (Å²) in [6, 6.07) is 10.2. The molecule has 0 aliphatic rings. The van der Waals surface area contributed by atoms with E-state index in [1.807, 2.05) is 32.9 Å². The Morgan fingerprint density at radius 3 is 2.61 bits per heavy atom. The van der Waals surface area contributed by atoms with Gasteiger partial charge in [0, 0.05) is 48.4 Å². The van der Waals surface area contributed by atoms with Crippen molar-refractivity contribution in [1.82, 2.24) is 29.5 Å². The van der Waals surface area contributed by atoms with Crippen LogP contribution in [0.25, 0.3) is 27.8 Å². The second-order valence-corrected chi connectivity index (χ2v) is 9.76. The first kappa shape index (κ1) is 24.7. The van der Waals surface area contributed by atoms with E-state index in [0.717, 1.165) is 5.69 Å². The lowest BCUT2D eigenvalue weighted by Crippen LogP contribution is -2.22. The van der Waals surface area contributed by atoms with E-state index in [0.29, 0.717) is 45.3 Å². The van der Waals surface area contributed by atoms with Crippen molar-refractivity contribution in [2.75, 3.05) is 23.0 Å². The molecule has 12 heteroatoms. The first-order chi connectivity index (χ1) is 18.1. The predicted molar refractivity (Wildman–Crippen MR) is 145 cm³/mol. The van der Waals surface area contributed by atoms with E-state index in [1.54, 1.807) is 49.2 Å². The van der Waals surface area contributed by atoms with Crippen LogP contribution >= 0.6 is 0 Å². The van der Waals surface area contributed by atoms with Gasteiger partial charge < -0.3 is 15.2 Å². The standard InChI is InChI=1S/C26H27N9O3/c1-26(2,3)20-11-21(35(33-20)18-13-29-38-14-18)31-25(37)30-17-8-6-7-15(9-17)19-10-16-12-28-24(27-4)32-22(16)34(5)23(19)36/h6-14H,1-5H3,(H,27,28,32)(H2,30,31,37). The normalized spacial score (nSPS) is 11.5. The number of nitrogens with zero attached hydrogens (tertiary/aromatic N) is 6. The molecule has 0 bridgehead atoms. The third-order valence-corrected chi connectivity index (χ3v) is 5.99. The number of fused-ring (bicyclic) bond motifs is 1. The van der Waals surface area contributed by atoms with Crippen LogP contribution in [-0.4, -0.2) is 42.6 Å². The number of pyridine rings is 1. The van der Waals surface area contributed by atoms with Crippen LogP contribution in [0.2, 0.25) is 0 Å². The van der Waals surface area contributed by atoms with E-state index < -0.39 is 6.03 Å². The summed E-state index contributed by atoms with van der Waals surface area (Å²) in [6.45, 7) is 6.10. The molecule has 0 aliphatic carbocycles. The minimum absolute atomic E-state index is 0.216. The molecule has 0 saturated heterocycles. The number of hydrogen-bond acceptors (Lipinski definition) is 8. The lowest BCUT2D eigenvalue weighted by molar-refractivity contribution is 0.262. The molecule has 0 spiro atoms. The number of hydrogen-bond donors (Lipinski definition) is 3. The van der Waals surface area contributed by atoms with Crippen LogP contribution in [0.1, 0.15) is 26.5 Å². The highest BCUT2D eigenvalue weighted by Gasteiger charge is 2.22. The maximum absolute atomic E-state index is 13.2. The van der Waals surface area contributed by atoms with Gasteiger partial charge in [0.25, 0.3) is 5.56 Å². The van der Waals surface area contributed by atoms with Gasteiger partial charge in [0.2, 0.25) is 5.95 Å². The number of carbonyl (C=O) groups excluding carboxylic acids is 1. The van der Waals surface area contributed by atoms with Crippen molar-refractivity contribution < 1.29 is 9.32 Å². The Kier molecular flexibility index (Phi) is 6.15. The average molecular weight is 514 g/mol. The van der Waals surface area contributed by atoms with Gasteiger partial charge in [0.15, 0.2) is 0 Å². The van der Waals surface area contributed by atoms with Gasteiger partial charge in [-0.25, -0.2) is 14.5 Å². The minimum atomic E-state index is -0.473. The molecule has 0 atom stereocenters. The zero-order valence-corrected chi connectivity index (χ0v) is 21.6. The number of nitrogens with one attached hydrogen (secondary N) is 3. The summed E-state index contributed by atoms with van der Waals surface area (Å²) in [5.41, 5.74) is 3.05. The van der Waals surface area contributed by atoms with E-state index in [4.69, 9.17) is 4.52 Å². The third-order valence-electron chi connectivity index (χ3n) is 5.99. The van der Waals surface area contributed by atoms with Crippen LogP contribution in [0.5, 0.6) is 0 Å². The molecule has 2 amide bonds.